The van der Waals surface area contributed by atoms with Crippen molar-refractivity contribution >= 4 is 0 Å². The fourth-order valence-corrected chi connectivity index (χ4v) is 5.43. The predicted molar refractivity (Wildman–Crippen MR) is 119 cm³/mol. The molecule has 1 saturated carbocycles. The van der Waals surface area contributed by atoms with Crippen molar-refractivity contribution in [3.8, 4) is 0 Å². The maximum absolute atomic E-state index is 10.5. The summed E-state index contributed by atoms with van der Waals surface area (Å²) in [7, 11) is 0. The molecule has 3 rings (SSSR count). The number of aliphatic hydroxyl groups excluding tert-OH is 1. The van der Waals surface area contributed by atoms with Crippen molar-refractivity contribution in [3.63, 3.8) is 0 Å². The number of hydrogen-bond donors (Lipinski definition) is 2. The maximum atomic E-state index is 10.5. The molecule has 2 aliphatic carbocycles. The van der Waals surface area contributed by atoms with Gasteiger partial charge in [-0.2, -0.15) is 0 Å². The fraction of sp³-hybridized carbons (Fsp3) is 0.840. The Morgan fingerprint density at radius 3 is 2.83 bits per heavy atom. The van der Waals surface area contributed by atoms with Gasteiger partial charge in [-0.25, -0.2) is 0 Å². The molecule has 0 radical (unpaired) electrons. The average molecular weight is 406 g/mol. The van der Waals surface area contributed by atoms with E-state index in [4.69, 9.17) is 4.74 Å². The lowest BCUT2D eigenvalue weighted by atomic mass is 9.88. The quantitative estimate of drug-likeness (QED) is 0.375. The second-order valence-corrected chi connectivity index (χ2v) is 9.88. The summed E-state index contributed by atoms with van der Waals surface area (Å²) >= 11 is 0. The molecule has 1 aliphatic heterocycles. The summed E-state index contributed by atoms with van der Waals surface area (Å²) in [5, 5.41) is 21.0. The Hall–Kier alpha value is -0.680. The summed E-state index contributed by atoms with van der Waals surface area (Å²) in [5.74, 6) is 1.27. The highest BCUT2D eigenvalue weighted by Crippen LogP contribution is 2.48. The zero-order valence-corrected chi connectivity index (χ0v) is 18.7. The van der Waals surface area contributed by atoms with E-state index in [0.717, 1.165) is 58.3 Å². The third kappa shape index (κ3) is 6.92. The van der Waals surface area contributed by atoms with Gasteiger partial charge in [-0.3, -0.25) is 0 Å². The third-order valence-corrected chi connectivity index (χ3v) is 7.25. The molecule has 2 fully saturated rings. The fourth-order valence-electron chi connectivity index (χ4n) is 5.43. The van der Waals surface area contributed by atoms with Crippen molar-refractivity contribution in [2.75, 3.05) is 32.8 Å². The molecule has 0 aromatic rings. The average Bonchev–Trinajstić information content (AvgIpc) is 3.38. The highest BCUT2D eigenvalue weighted by atomic mass is 16.5. The van der Waals surface area contributed by atoms with Crippen LogP contribution in [0.15, 0.2) is 23.8 Å². The monoisotopic (exact) mass is 405 g/mol. The van der Waals surface area contributed by atoms with Gasteiger partial charge in [0.1, 0.15) is 0 Å². The summed E-state index contributed by atoms with van der Waals surface area (Å²) < 4.78 is 5.89. The van der Waals surface area contributed by atoms with E-state index in [-0.39, 0.29) is 12.0 Å². The van der Waals surface area contributed by atoms with Crippen molar-refractivity contribution in [3.05, 3.63) is 23.8 Å². The predicted octanol–water partition coefficient (Wildman–Crippen LogP) is 4.32. The zero-order chi connectivity index (χ0) is 20.7. The van der Waals surface area contributed by atoms with Gasteiger partial charge in [-0.05, 0) is 76.8 Å². The van der Waals surface area contributed by atoms with Gasteiger partial charge >= 0.3 is 0 Å². The number of unbranched alkanes of at least 4 members (excludes halogenated alkanes) is 1. The molecule has 0 amide bonds. The zero-order valence-electron chi connectivity index (χ0n) is 18.7. The number of likely N-dealkylation sites (tertiary alicyclic amines) is 1. The lowest BCUT2D eigenvalue weighted by Gasteiger charge is -2.22. The van der Waals surface area contributed by atoms with Gasteiger partial charge < -0.3 is 19.8 Å². The van der Waals surface area contributed by atoms with Gasteiger partial charge in [0.25, 0.3) is 0 Å². The van der Waals surface area contributed by atoms with Crippen LogP contribution in [0.2, 0.25) is 0 Å². The van der Waals surface area contributed by atoms with Crippen LogP contribution in [0.4, 0.5) is 0 Å². The molecule has 4 nitrogen and oxygen atoms in total. The summed E-state index contributed by atoms with van der Waals surface area (Å²) in [5.41, 5.74) is 0.891. The number of nitrogens with zero attached hydrogens (tertiary/aromatic N) is 1. The van der Waals surface area contributed by atoms with Gasteiger partial charge in [-0.15, -0.1) is 0 Å². The van der Waals surface area contributed by atoms with Crippen molar-refractivity contribution in [2.45, 2.75) is 83.3 Å². The van der Waals surface area contributed by atoms with E-state index in [2.05, 4.69) is 30.1 Å². The first-order valence-electron chi connectivity index (χ1n) is 12.1. The first-order valence-corrected chi connectivity index (χ1v) is 12.1. The van der Waals surface area contributed by atoms with E-state index in [1.165, 1.54) is 31.5 Å². The normalized spacial score (nSPS) is 32.1. The van der Waals surface area contributed by atoms with Crippen LogP contribution in [0.3, 0.4) is 0 Å². The highest BCUT2D eigenvalue weighted by Gasteiger charge is 2.43. The third-order valence-electron chi connectivity index (χ3n) is 7.25. The molecule has 5 atom stereocenters. The Bertz CT molecular complexity index is 550. The second kappa shape index (κ2) is 11.1. The minimum absolute atomic E-state index is 0.229. The molecule has 1 heterocycles. The summed E-state index contributed by atoms with van der Waals surface area (Å²) in [6.45, 7) is 9.31. The Morgan fingerprint density at radius 2 is 2.07 bits per heavy atom. The molecular formula is C25H43NO3. The molecule has 0 bridgehead atoms. The van der Waals surface area contributed by atoms with E-state index < -0.39 is 5.60 Å². The number of aliphatic hydroxyl groups is 2. The molecule has 0 unspecified atom stereocenters. The molecule has 3 aliphatic rings. The molecular weight excluding hydrogens is 362 g/mol. The lowest BCUT2D eigenvalue weighted by Crippen LogP contribution is -2.24. The molecule has 2 N–H and O–H groups in total. The summed E-state index contributed by atoms with van der Waals surface area (Å²) in [6, 6.07) is 0. The smallest absolute Gasteiger partial charge is 0.0654 e. The molecule has 0 spiro atoms. The van der Waals surface area contributed by atoms with Crippen LogP contribution >= 0.6 is 0 Å². The first kappa shape index (κ1) is 23.0. The highest BCUT2D eigenvalue weighted by molar-refractivity contribution is 5.20. The number of fused-ring (bicyclic) bond motifs is 1. The Balaban J connectivity index is 1.37. The van der Waals surface area contributed by atoms with Crippen molar-refractivity contribution in [1.29, 1.82) is 0 Å². The van der Waals surface area contributed by atoms with E-state index in [9.17, 15) is 10.2 Å². The number of hydrogen-bond acceptors (Lipinski definition) is 4. The van der Waals surface area contributed by atoms with Gasteiger partial charge in [0.15, 0.2) is 0 Å². The Kier molecular flexibility index (Phi) is 8.79. The SMILES string of the molecule is CCCC[C@](C)(O)C/C=C/[C@@H]1[C@H]2CC(CCOCCN3CCCC3)=C[C@H]2C[C@H]1O. The van der Waals surface area contributed by atoms with Gasteiger partial charge in [-0.1, -0.05) is 43.6 Å². The largest absolute Gasteiger partial charge is 0.392 e. The topological polar surface area (TPSA) is 52.9 Å². The van der Waals surface area contributed by atoms with Crippen molar-refractivity contribution in [1.82, 2.24) is 4.90 Å². The minimum atomic E-state index is -0.624. The molecule has 1 saturated heterocycles. The van der Waals surface area contributed by atoms with Crippen LogP contribution in [0, 0.1) is 17.8 Å². The van der Waals surface area contributed by atoms with Crippen LogP contribution in [0.25, 0.3) is 0 Å². The maximum Gasteiger partial charge on any atom is 0.0654 e. The van der Waals surface area contributed by atoms with E-state index in [0.29, 0.717) is 18.3 Å². The van der Waals surface area contributed by atoms with E-state index in [1.807, 2.05) is 6.92 Å². The molecule has 0 aromatic heterocycles. The van der Waals surface area contributed by atoms with Crippen LogP contribution in [0.5, 0.6) is 0 Å². The number of allylic oxidation sites excluding steroid dienone is 1. The lowest BCUT2D eigenvalue weighted by molar-refractivity contribution is 0.0513. The van der Waals surface area contributed by atoms with Crippen molar-refractivity contribution in [2.24, 2.45) is 17.8 Å². The minimum Gasteiger partial charge on any atom is -0.392 e. The Labute approximate surface area is 178 Å². The van der Waals surface area contributed by atoms with Crippen LogP contribution in [-0.2, 0) is 4.74 Å². The van der Waals surface area contributed by atoms with Gasteiger partial charge in [0.2, 0.25) is 0 Å². The van der Waals surface area contributed by atoms with Gasteiger partial charge in [0.05, 0.1) is 24.9 Å². The molecule has 0 aromatic carbocycles. The molecule has 166 valence electrons. The summed E-state index contributed by atoms with van der Waals surface area (Å²) in [4.78, 5) is 2.50. The number of ether oxygens (including phenoxy) is 1. The Morgan fingerprint density at radius 1 is 1.28 bits per heavy atom. The first-order chi connectivity index (χ1) is 14.0. The van der Waals surface area contributed by atoms with Crippen LogP contribution < -0.4 is 0 Å². The van der Waals surface area contributed by atoms with Crippen molar-refractivity contribution < 1.29 is 14.9 Å². The second-order valence-electron chi connectivity index (χ2n) is 9.88. The number of rotatable bonds is 12. The van der Waals surface area contributed by atoms with E-state index >= 15 is 0 Å². The standard InChI is InChI=1S/C25H43NO3/c1-3-4-10-25(2,28)11-7-8-22-23-18-20(17-21(23)19-24(22)27)9-15-29-16-14-26-12-5-6-13-26/h7-8,17,21-24,27-28H,3-6,9-16,18-19H2,1-2H3/b8-7+/t21-,22+,23-,24+,25-/m0/s1. The van der Waals surface area contributed by atoms with Crippen LogP contribution in [-0.4, -0.2) is 59.7 Å². The van der Waals surface area contributed by atoms with E-state index in [1.54, 1.807) is 0 Å². The molecule has 29 heavy (non-hydrogen) atoms. The molecule has 4 heteroatoms. The summed E-state index contributed by atoms with van der Waals surface area (Å²) in [6.07, 6.45) is 15.9. The van der Waals surface area contributed by atoms with Gasteiger partial charge in [0, 0.05) is 12.5 Å². The van der Waals surface area contributed by atoms with Crippen LogP contribution in [0.1, 0.15) is 71.6 Å².